The summed E-state index contributed by atoms with van der Waals surface area (Å²) in [4.78, 5) is 0. The van der Waals surface area contributed by atoms with Crippen molar-refractivity contribution in [3.63, 3.8) is 0 Å². The molecule has 0 bridgehead atoms. The van der Waals surface area contributed by atoms with Gasteiger partial charge in [0.2, 0.25) is 0 Å². The highest BCUT2D eigenvalue weighted by Crippen LogP contribution is 2.33. The maximum absolute atomic E-state index is 5.84. The van der Waals surface area contributed by atoms with Crippen LogP contribution in [0, 0.1) is 0 Å². The molecule has 1 aromatic carbocycles. The average molecular weight is 251 g/mol. The van der Waals surface area contributed by atoms with E-state index in [9.17, 15) is 0 Å². The Morgan fingerprint density at radius 3 is 2.93 bits per heavy atom. The number of rotatable bonds is 0. The van der Waals surface area contributed by atoms with Crippen molar-refractivity contribution >= 4 is 26.9 Å². The molecule has 1 nitrogen and oxygen atoms in total. The molecule has 3 rings (SSSR count). The maximum atomic E-state index is 5.84. The lowest BCUT2D eigenvalue weighted by molar-refractivity contribution is 0.506. The Hall–Kier alpha value is -0.760. The largest absolute Gasteiger partial charge is 0.461 e. The first-order valence-corrected chi connectivity index (χ1v) is 5.84. The van der Waals surface area contributed by atoms with Gasteiger partial charge in [0.25, 0.3) is 0 Å². The van der Waals surface area contributed by atoms with Crippen LogP contribution >= 0.6 is 15.9 Å². The third kappa shape index (κ3) is 1.21. The zero-order valence-electron chi connectivity index (χ0n) is 7.85. The minimum absolute atomic E-state index is 1.03. The quantitative estimate of drug-likeness (QED) is 0.687. The van der Waals surface area contributed by atoms with Crippen LogP contribution < -0.4 is 0 Å². The Kier molecular flexibility index (Phi) is 1.91. The molecule has 0 spiro atoms. The summed E-state index contributed by atoms with van der Waals surface area (Å²) >= 11 is 3.47. The van der Waals surface area contributed by atoms with Crippen LogP contribution in [0.5, 0.6) is 0 Å². The maximum Gasteiger partial charge on any atom is 0.135 e. The minimum Gasteiger partial charge on any atom is -0.461 e. The molecule has 1 heterocycles. The molecule has 2 aromatic rings. The summed E-state index contributed by atoms with van der Waals surface area (Å²) in [5.41, 5.74) is 2.48. The Morgan fingerprint density at radius 2 is 2.00 bits per heavy atom. The molecule has 0 saturated carbocycles. The van der Waals surface area contributed by atoms with E-state index >= 15 is 0 Å². The van der Waals surface area contributed by atoms with Crippen molar-refractivity contribution in [2.45, 2.75) is 25.7 Å². The van der Waals surface area contributed by atoms with E-state index in [1.165, 1.54) is 36.0 Å². The third-order valence-corrected chi connectivity index (χ3v) is 3.41. The normalized spacial score (nSPS) is 15.8. The first-order valence-electron chi connectivity index (χ1n) is 5.04. The zero-order valence-corrected chi connectivity index (χ0v) is 9.43. The molecule has 72 valence electrons. The van der Waals surface area contributed by atoms with Crippen LogP contribution in [-0.2, 0) is 12.8 Å². The Balaban J connectivity index is 2.31. The van der Waals surface area contributed by atoms with Gasteiger partial charge in [-0.1, -0.05) is 15.9 Å². The first kappa shape index (κ1) is 8.54. The molecular formula is C12H11BrO. The van der Waals surface area contributed by atoms with Gasteiger partial charge in [0.15, 0.2) is 0 Å². The molecule has 0 radical (unpaired) electrons. The lowest BCUT2D eigenvalue weighted by Crippen LogP contribution is -1.98. The van der Waals surface area contributed by atoms with Crippen LogP contribution in [0.4, 0.5) is 0 Å². The van der Waals surface area contributed by atoms with Crippen molar-refractivity contribution in [1.29, 1.82) is 0 Å². The zero-order chi connectivity index (χ0) is 9.54. The van der Waals surface area contributed by atoms with Crippen LogP contribution in [0.15, 0.2) is 27.1 Å². The monoisotopic (exact) mass is 250 g/mol. The second-order valence-corrected chi connectivity index (χ2v) is 4.77. The second kappa shape index (κ2) is 3.13. The van der Waals surface area contributed by atoms with Crippen molar-refractivity contribution in [3.8, 4) is 0 Å². The predicted octanol–water partition coefficient (Wildman–Crippen LogP) is 4.07. The number of halogens is 1. The Labute approximate surface area is 91.2 Å². The molecule has 14 heavy (non-hydrogen) atoms. The summed E-state index contributed by atoms with van der Waals surface area (Å²) in [7, 11) is 0. The molecule has 0 amide bonds. The number of aryl methyl sites for hydroxylation is 2. The van der Waals surface area contributed by atoms with E-state index in [-0.39, 0.29) is 0 Å². The first-order chi connectivity index (χ1) is 6.84. The van der Waals surface area contributed by atoms with Gasteiger partial charge in [-0.3, -0.25) is 0 Å². The topological polar surface area (TPSA) is 13.1 Å². The molecule has 0 fully saturated rings. The van der Waals surface area contributed by atoms with Crippen molar-refractivity contribution in [3.05, 3.63) is 34.0 Å². The number of benzene rings is 1. The lowest BCUT2D eigenvalue weighted by Gasteiger charge is -2.08. The smallest absolute Gasteiger partial charge is 0.135 e. The van der Waals surface area contributed by atoms with Gasteiger partial charge in [-0.25, -0.2) is 0 Å². The molecule has 2 heteroatoms. The van der Waals surface area contributed by atoms with Crippen LogP contribution in [0.3, 0.4) is 0 Å². The molecule has 0 saturated heterocycles. The highest BCUT2D eigenvalue weighted by atomic mass is 79.9. The van der Waals surface area contributed by atoms with Gasteiger partial charge in [0.05, 0.1) is 0 Å². The van der Waals surface area contributed by atoms with Crippen LogP contribution in [0.2, 0.25) is 0 Å². The summed E-state index contributed by atoms with van der Waals surface area (Å²) in [6.45, 7) is 0. The van der Waals surface area contributed by atoms with Gasteiger partial charge in [0, 0.05) is 21.8 Å². The van der Waals surface area contributed by atoms with Crippen molar-refractivity contribution in [1.82, 2.24) is 0 Å². The highest BCUT2D eigenvalue weighted by molar-refractivity contribution is 9.10. The summed E-state index contributed by atoms with van der Waals surface area (Å²) in [6.07, 6.45) is 4.87. The van der Waals surface area contributed by atoms with Gasteiger partial charge in [0.1, 0.15) is 11.3 Å². The van der Waals surface area contributed by atoms with Crippen molar-refractivity contribution in [2.75, 3.05) is 0 Å². The molecule has 1 aliphatic rings. The Bertz CT molecular complexity index is 484. The summed E-state index contributed by atoms with van der Waals surface area (Å²) in [5.74, 6) is 1.21. The fourth-order valence-corrected chi connectivity index (χ4v) is 2.58. The molecule has 1 aromatic heterocycles. The average Bonchev–Trinajstić information content (AvgIpc) is 2.54. The van der Waals surface area contributed by atoms with Gasteiger partial charge >= 0.3 is 0 Å². The highest BCUT2D eigenvalue weighted by Gasteiger charge is 2.17. The summed E-state index contributed by atoms with van der Waals surface area (Å²) in [6, 6.07) is 6.31. The molecule has 0 N–H and O–H groups in total. The minimum atomic E-state index is 1.03. The predicted molar refractivity (Wildman–Crippen MR) is 60.6 cm³/mol. The van der Waals surface area contributed by atoms with E-state index in [4.69, 9.17) is 4.42 Å². The number of fused-ring (bicyclic) bond motifs is 3. The van der Waals surface area contributed by atoms with Gasteiger partial charge in [-0.2, -0.15) is 0 Å². The SMILES string of the molecule is Brc1ccc2c3c(oc2c1)CCCC3. The van der Waals surface area contributed by atoms with E-state index in [2.05, 4.69) is 34.1 Å². The molecule has 0 aliphatic heterocycles. The van der Waals surface area contributed by atoms with Crippen LogP contribution in [0.25, 0.3) is 11.0 Å². The van der Waals surface area contributed by atoms with Gasteiger partial charge < -0.3 is 4.42 Å². The lowest BCUT2D eigenvalue weighted by atomic mass is 9.96. The van der Waals surface area contributed by atoms with Gasteiger partial charge in [-0.15, -0.1) is 0 Å². The summed E-state index contributed by atoms with van der Waals surface area (Å²) < 4.78 is 6.93. The van der Waals surface area contributed by atoms with E-state index in [0.29, 0.717) is 0 Å². The van der Waals surface area contributed by atoms with E-state index in [1.807, 2.05) is 0 Å². The molecule has 0 atom stereocenters. The van der Waals surface area contributed by atoms with Gasteiger partial charge in [-0.05, 0) is 37.5 Å². The van der Waals surface area contributed by atoms with Crippen LogP contribution in [-0.4, -0.2) is 0 Å². The molecule has 1 aliphatic carbocycles. The molecular weight excluding hydrogens is 240 g/mol. The molecule has 0 unspecified atom stereocenters. The number of hydrogen-bond donors (Lipinski definition) is 0. The van der Waals surface area contributed by atoms with Crippen molar-refractivity contribution < 1.29 is 4.42 Å². The standard InChI is InChI=1S/C12H11BrO/c13-8-5-6-10-9-3-1-2-4-11(9)14-12(10)7-8/h5-7H,1-4H2. The third-order valence-electron chi connectivity index (χ3n) is 2.92. The summed E-state index contributed by atoms with van der Waals surface area (Å²) in [5, 5.41) is 1.31. The van der Waals surface area contributed by atoms with E-state index < -0.39 is 0 Å². The number of furan rings is 1. The van der Waals surface area contributed by atoms with E-state index in [0.717, 1.165) is 16.5 Å². The second-order valence-electron chi connectivity index (χ2n) is 3.85. The van der Waals surface area contributed by atoms with Crippen LogP contribution in [0.1, 0.15) is 24.2 Å². The van der Waals surface area contributed by atoms with Crippen molar-refractivity contribution in [2.24, 2.45) is 0 Å². The Morgan fingerprint density at radius 1 is 1.14 bits per heavy atom. The fourth-order valence-electron chi connectivity index (χ4n) is 2.24. The van der Waals surface area contributed by atoms with E-state index in [1.54, 1.807) is 0 Å². The fraction of sp³-hybridized carbons (Fsp3) is 0.333. The number of hydrogen-bond acceptors (Lipinski definition) is 1.